The average molecular weight is 485 g/mol. The highest BCUT2D eigenvalue weighted by atomic mass is 16.5. The monoisotopic (exact) mass is 484 g/mol. The van der Waals surface area contributed by atoms with E-state index in [2.05, 4.69) is 5.32 Å². The van der Waals surface area contributed by atoms with E-state index in [0.717, 1.165) is 33.4 Å². The molecule has 0 atom stereocenters. The predicted molar refractivity (Wildman–Crippen MR) is 141 cm³/mol. The summed E-state index contributed by atoms with van der Waals surface area (Å²) in [5, 5.41) is 3.65. The van der Waals surface area contributed by atoms with Crippen molar-refractivity contribution in [3.63, 3.8) is 0 Å². The van der Waals surface area contributed by atoms with Crippen LogP contribution in [0.25, 0.3) is 27.7 Å². The van der Waals surface area contributed by atoms with Crippen LogP contribution in [0.5, 0.6) is 11.5 Å². The quantitative estimate of drug-likeness (QED) is 0.301. The van der Waals surface area contributed by atoms with Gasteiger partial charge in [0, 0.05) is 28.2 Å². The zero-order chi connectivity index (χ0) is 25.8. The van der Waals surface area contributed by atoms with E-state index in [-0.39, 0.29) is 11.5 Å². The van der Waals surface area contributed by atoms with Gasteiger partial charge in [-0.3, -0.25) is 9.59 Å². The van der Waals surface area contributed by atoms with Crippen molar-refractivity contribution in [2.45, 2.75) is 20.8 Å². The van der Waals surface area contributed by atoms with Gasteiger partial charge in [0.2, 0.25) is 5.91 Å². The van der Waals surface area contributed by atoms with Crippen molar-refractivity contribution < 1.29 is 23.5 Å². The lowest BCUT2D eigenvalue weighted by atomic mass is 9.96. The maximum Gasteiger partial charge on any atom is 0.250 e. The number of fused-ring (bicyclic) bond motifs is 1. The number of benzene rings is 3. The summed E-state index contributed by atoms with van der Waals surface area (Å²) in [4.78, 5) is 24.6. The normalized spacial score (nSPS) is 11.4. The minimum Gasteiger partial charge on any atom is -0.497 e. The Kier molecular flexibility index (Phi) is 7.10. The Hall–Kier alpha value is -4.52. The van der Waals surface area contributed by atoms with Gasteiger partial charge in [0.15, 0.2) is 0 Å². The molecule has 1 aromatic heterocycles. The molecule has 0 saturated heterocycles. The molecule has 0 aliphatic carbocycles. The molecule has 2 amide bonds. The van der Waals surface area contributed by atoms with Crippen LogP contribution in [-0.2, 0) is 4.79 Å². The number of nitrogens with one attached hydrogen (secondary N) is 1. The van der Waals surface area contributed by atoms with E-state index in [0.29, 0.717) is 29.2 Å². The molecular formula is C29H28N2O5. The maximum atomic E-state index is 12.9. The van der Waals surface area contributed by atoms with Gasteiger partial charge in [-0.25, -0.2) is 0 Å². The number of rotatable bonds is 8. The molecular weight excluding hydrogens is 456 g/mol. The van der Waals surface area contributed by atoms with Crippen LogP contribution in [0.2, 0.25) is 0 Å². The van der Waals surface area contributed by atoms with Crippen LogP contribution in [0, 0.1) is 6.92 Å². The number of aryl methyl sites for hydroxylation is 1. The van der Waals surface area contributed by atoms with Crippen LogP contribution in [-0.4, -0.2) is 25.5 Å². The van der Waals surface area contributed by atoms with Crippen LogP contribution in [0.4, 0.5) is 5.69 Å². The van der Waals surface area contributed by atoms with Gasteiger partial charge in [0.25, 0.3) is 5.91 Å². The molecule has 3 aromatic carbocycles. The first kappa shape index (κ1) is 24.6. The number of nitrogens with two attached hydrogens (primary N) is 1. The summed E-state index contributed by atoms with van der Waals surface area (Å²) in [5.41, 5.74) is 10.9. The van der Waals surface area contributed by atoms with Crippen molar-refractivity contribution in [3.8, 4) is 22.6 Å². The number of anilines is 1. The van der Waals surface area contributed by atoms with Crippen molar-refractivity contribution >= 4 is 34.0 Å². The Balaban J connectivity index is 1.78. The predicted octanol–water partition coefficient (Wildman–Crippen LogP) is 5.96. The Morgan fingerprint density at radius 3 is 2.58 bits per heavy atom. The molecule has 0 unspecified atom stereocenters. The lowest BCUT2D eigenvalue weighted by molar-refractivity contribution is -0.111. The van der Waals surface area contributed by atoms with E-state index in [4.69, 9.17) is 19.6 Å². The first-order chi connectivity index (χ1) is 17.3. The maximum absolute atomic E-state index is 12.9. The van der Waals surface area contributed by atoms with Gasteiger partial charge in [-0.2, -0.15) is 0 Å². The molecule has 0 fully saturated rings. The van der Waals surface area contributed by atoms with Gasteiger partial charge < -0.3 is 24.9 Å². The molecule has 1 heterocycles. The first-order valence-corrected chi connectivity index (χ1v) is 11.5. The highest BCUT2D eigenvalue weighted by molar-refractivity contribution is 6.09. The fourth-order valence-electron chi connectivity index (χ4n) is 4.20. The Labute approximate surface area is 209 Å². The number of primary amides is 1. The standard InChI is InChI=1S/C29H28N2O5/c1-5-35-27-18(3)28-23(24(16-36-28)19-9-8-10-20(14-19)34-4)15-22(27)17(2)13-26(32)31-25-12-7-6-11-21(25)29(30)33/h6-16H,5H2,1-4H3,(H2,30,33)(H,31,32)/b17-13+. The molecule has 36 heavy (non-hydrogen) atoms. The number of carbonyl (C=O) groups excluding carboxylic acids is 2. The minimum absolute atomic E-state index is 0.241. The van der Waals surface area contributed by atoms with Crippen LogP contribution in [0.1, 0.15) is 35.3 Å². The topological polar surface area (TPSA) is 104 Å². The van der Waals surface area contributed by atoms with E-state index in [9.17, 15) is 9.59 Å². The number of allylic oxidation sites excluding steroid dienone is 1. The van der Waals surface area contributed by atoms with Crippen LogP contribution in [0.15, 0.2) is 71.4 Å². The minimum atomic E-state index is -0.615. The smallest absolute Gasteiger partial charge is 0.250 e. The van der Waals surface area contributed by atoms with Crippen LogP contribution >= 0.6 is 0 Å². The Morgan fingerprint density at radius 2 is 1.86 bits per heavy atom. The number of para-hydroxylation sites is 1. The third kappa shape index (κ3) is 4.81. The number of hydrogen-bond donors (Lipinski definition) is 2. The van der Waals surface area contributed by atoms with Gasteiger partial charge in [0.05, 0.1) is 31.2 Å². The number of hydrogen-bond acceptors (Lipinski definition) is 5. The van der Waals surface area contributed by atoms with E-state index < -0.39 is 5.91 Å². The highest BCUT2D eigenvalue weighted by Crippen LogP contribution is 2.41. The third-order valence-corrected chi connectivity index (χ3v) is 5.94. The molecule has 4 aromatic rings. The summed E-state index contributed by atoms with van der Waals surface area (Å²) < 4.78 is 17.3. The van der Waals surface area contributed by atoms with E-state index in [1.165, 1.54) is 6.08 Å². The number of ether oxygens (including phenoxy) is 2. The summed E-state index contributed by atoms with van der Waals surface area (Å²) in [5.74, 6) is 0.391. The number of carbonyl (C=O) groups is 2. The van der Waals surface area contributed by atoms with Gasteiger partial charge in [-0.1, -0.05) is 24.3 Å². The molecule has 0 spiro atoms. The van der Waals surface area contributed by atoms with E-state index >= 15 is 0 Å². The Bertz CT molecular complexity index is 1480. The van der Waals surface area contributed by atoms with E-state index in [1.54, 1.807) is 37.6 Å². The van der Waals surface area contributed by atoms with Gasteiger partial charge in [-0.05, 0) is 62.2 Å². The molecule has 7 nitrogen and oxygen atoms in total. The summed E-state index contributed by atoms with van der Waals surface area (Å²) in [6.45, 7) is 6.14. The first-order valence-electron chi connectivity index (χ1n) is 11.5. The Morgan fingerprint density at radius 1 is 1.08 bits per heavy atom. The molecule has 4 rings (SSSR count). The number of methoxy groups -OCH3 is 1. The molecule has 0 aliphatic rings. The van der Waals surface area contributed by atoms with Crippen molar-refractivity contribution in [1.82, 2.24) is 0 Å². The summed E-state index contributed by atoms with van der Waals surface area (Å²) in [6, 6.07) is 16.3. The fourth-order valence-corrected chi connectivity index (χ4v) is 4.20. The lowest BCUT2D eigenvalue weighted by Crippen LogP contribution is -2.17. The van der Waals surface area contributed by atoms with Gasteiger partial charge >= 0.3 is 0 Å². The van der Waals surface area contributed by atoms with Gasteiger partial charge in [-0.15, -0.1) is 0 Å². The highest BCUT2D eigenvalue weighted by Gasteiger charge is 2.20. The lowest BCUT2D eigenvalue weighted by Gasteiger charge is -2.15. The molecule has 0 bridgehead atoms. The van der Waals surface area contributed by atoms with Gasteiger partial charge in [0.1, 0.15) is 17.1 Å². The zero-order valence-electron chi connectivity index (χ0n) is 20.7. The summed E-state index contributed by atoms with van der Waals surface area (Å²) in [7, 11) is 1.63. The largest absolute Gasteiger partial charge is 0.497 e. The summed E-state index contributed by atoms with van der Waals surface area (Å²) >= 11 is 0. The van der Waals surface area contributed by atoms with Crippen molar-refractivity contribution in [1.29, 1.82) is 0 Å². The molecule has 7 heteroatoms. The second-order valence-electron chi connectivity index (χ2n) is 8.30. The second kappa shape index (κ2) is 10.4. The third-order valence-electron chi connectivity index (χ3n) is 5.94. The summed E-state index contributed by atoms with van der Waals surface area (Å²) in [6.07, 6.45) is 3.20. The molecule has 0 saturated carbocycles. The molecule has 0 radical (unpaired) electrons. The number of furan rings is 1. The van der Waals surface area contributed by atoms with E-state index in [1.807, 2.05) is 51.1 Å². The SMILES string of the molecule is CCOc1c(/C(C)=C/C(=O)Nc2ccccc2C(N)=O)cc2c(-c3cccc(OC)c3)coc2c1C. The second-order valence-corrected chi connectivity index (χ2v) is 8.30. The average Bonchev–Trinajstić information content (AvgIpc) is 3.30. The van der Waals surface area contributed by atoms with Crippen molar-refractivity contribution in [2.75, 3.05) is 19.0 Å². The van der Waals surface area contributed by atoms with Crippen LogP contribution < -0.4 is 20.5 Å². The molecule has 184 valence electrons. The molecule has 0 aliphatic heterocycles. The van der Waals surface area contributed by atoms with Crippen molar-refractivity contribution in [3.05, 3.63) is 83.6 Å². The molecule has 3 N–H and O–H groups in total. The number of amides is 2. The van der Waals surface area contributed by atoms with Crippen LogP contribution in [0.3, 0.4) is 0 Å². The van der Waals surface area contributed by atoms with Crippen molar-refractivity contribution in [2.24, 2.45) is 5.73 Å². The zero-order valence-corrected chi connectivity index (χ0v) is 20.7. The fraction of sp³-hybridized carbons (Fsp3) is 0.172.